The number of aromatic nitrogens is 3. The third-order valence-electron chi connectivity index (χ3n) is 4.78. The molecule has 1 aliphatic carbocycles. The Morgan fingerprint density at radius 3 is 2.84 bits per heavy atom. The first-order valence-electron chi connectivity index (χ1n) is 9.09. The first-order chi connectivity index (χ1) is 12.2. The fourth-order valence-corrected chi connectivity index (χ4v) is 3.96. The SMILES string of the molecule is CC(NC(=O)CSc1n[nH]c(CCC2CCCC2)n1)c1ccccc1. The summed E-state index contributed by atoms with van der Waals surface area (Å²) < 4.78 is 0. The molecule has 134 valence electrons. The maximum Gasteiger partial charge on any atom is 0.230 e. The number of hydrogen-bond donors (Lipinski definition) is 2. The average molecular weight is 359 g/mol. The summed E-state index contributed by atoms with van der Waals surface area (Å²) in [5, 5.41) is 10.9. The molecule has 1 saturated carbocycles. The van der Waals surface area contributed by atoms with Crippen LogP contribution in [0.2, 0.25) is 0 Å². The number of H-pyrrole nitrogens is 1. The number of carbonyl (C=O) groups excluding carboxylic acids is 1. The summed E-state index contributed by atoms with van der Waals surface area (Å²) in [5.74, 6) is 2.12. The molecule has 6 heteroatoms. The van der Waals surface area contributed by atoms with E-state index < -0.39 is 0 Å². The lowest BCUT2D eigenvalue weighted by molar-refractivity contribution is -0.119. The van der Waals surface area contributed by atoms with Crippen molar-refractivity contribution in [3.63, 3.8) is 0 Å². The topological polar surface area (TPSA) is 70.7 Å². The van der Waals surface area contributed by atoms with Gasteiger partial charge in [-0.15, -0.1) is 5.10 Å². The first kappa shape index (κ1) is 18.0. The molecule has 1 aliphatic rings. The predicted molar refractivity (Wildman–Crippen MR) is 100 cm³/mol. The summed E-state index contributed by atoms with van der Waals surface area (Å²) in [4.78, 5) is 16.6. The van der Waals surface area contributed by atoms with Gasteiger partial charge in [-0.2, -0.15) is 0 Å². The number of hydrogen-bond acceptors (Lipinski definition) is 4. The van der Waals surface area contributed by atoms with Gasteiger partial charge < -0.3 is 5.32 Å². The van der Waals surface area contributed by atoms with Gasteiger partial charge in [0.25, 0.3) is 0 Å². The van der Waals surface area contributed by atoms with E-state index in [-0.39, 0.29) is 11.9 Å². The summed E-state index contributed by atoms with van der Waals surface area (Å²) in [6, 6.07) is 9.97. The molecule has 1 aromatic heterocycles. The molecule has 0 radical (unpaired) electrons. The van der Waals surface area contributed by atoms with Crippen molar-refractivity contribution in [2.24, 2.45) is 5.92 Å². The Bertz CT molecular complexity index is 667. The molecular formula is C19H26N4OS. The van der Waals surface area contributed by atoms with Crippen LogP contribution in [0.15, 0.2) is 35.5 Å². The van der Waals surface area contributed by atoms with E-state index in [4.69, 9.17) is 0 Å². The van der Waals surface area contributed by atoms with Gasteiger partial charge in [0.2, 0.25) is 11.1 Å². The van der Waals surface area contributed by atoms with Crippen LogP contribution in [0.25, 0.3) is 0 Å². The van der Waals surface area contributed by atoms with Crippen molar-refractivity contribution in [2.75, 3.05) is 5.75 Å². The van der Waals surface area contributed by atoms with Crippen molar-refractivity contribution in [1.29, 1.82) is 0 Å². The summed E-state index contributed by atoms with van der Waals surface area (Å²) in [7, 11) is 0. The first-order valence-corrected chi connectivity index (χ1v) is 10.1. The highest BCUT2D eigenvalue weighted by Crippen LogP contribution is 2.28. The number of aryl methyl sites for hydroxylation is 1. The Kier molecular flexibility index (Phi) is 6.50. The largest absolute Gasteiger partial charge is 0.349 e. The van der Waals surface area contributed by atoms with E-state index in [0.29, 0.717) is 10.9 Å². The molecule has 0 saturated heterocycles. The molecule has 1 amide bonds. The zero-order valence-electron chi connectivity index (χ0n) is 14.7. The van der Waals surface area contributed by atoms with Crippen LogP contribution in [0.3, 0.4) is 0 Å². The molecular weight excluding hydrogens is 332 g/mol. The van der Waals surface area contributed by atoms with Crippen molar-refractivity contribution in [3.8, 4) is 0 Å². The number of nitrogens with one attached hydrogen (secondary N) is 2. The maximum absolute atomic E-state index is 12.1. The molecule has 0 bridgehead atoms. The highest BCUT2D eigenvalue weighted by molar-refractivity contribution is 7.99. The second-order valence-electron chi connectivity index (χ2n) is 6.74. The van der Waals surface area contributed by atoms with Crippen LogP contribution in [0.5, 0.6) is 0 Å². The van der Waals surface area contributed by atoms with Gasteiger partial charge in [-0.05, 0) is 24.8 Å². The summed E-state index contributed by atoms with van der Waals surface area (Å²) in [5.41, 5.74) is 1.10. The third-order valence-corrected chi connectivity index (χ3v) is 5.63. The number of rotatable bonds is 8. The molecule has 1 atom stereocenters. The van der Waals surface area contributed by atoms with Gasteiger partial charge in [0.05, 0.1) is 11.8 Å². The monoisotopic (exact) mass is 358 g/mol. The molecule has 1 unspecified atom stereocenters. The highest BCUT2D eigenvalue weighted by Gasteiger charge is 2.16. The fourth-order valence-electron chi connectivity index (χ4n) is 3.33. The van der Waals surface area contributed by atoms with Crippen LogP contribution in [0, 0.1) is 5.92 Å². The van der Waals surface area contributed by atoms with E-state index >= 15 is 0 Å². The summed E-state index contributed by atoms with van der Waals surface area (Å²) in [6.45, 7) is 1.99. The minimum absolute atomic E-state index is 0.00124. The summed E-state index contributed by atoms with van der Waals surface area (Å²) >= 11 is 1.38. The molecule has 2 aromatic rings. The van der Waals surface area contributed by atoms with Crippen LogP contribution in [0.4, 0.5) is 0 Å². The van der Waals surface area contributed by atoms with Crippen LogP contribution >= 0.6 is 11.8 Å². The van der Waals surface area contributed by atoms with E-state index in [9.17, 15) is 4.79 Å². The lowest BCUT2D eigenvalue weighted by Crippen LogP contribution is -2.28. The van der Waals surface area contributed by atoms with Gasteiger partial charge in [-0.1, -0.05) is 67.8 Å². The van der Waals surface area contributed by atoms with Crippen molar-refractivity contribution in [2.45, 2.75) is 56.6 Å². The smallest absolute Gasteiger partial charge is 0.230 e. The normalized spacial score (nSPS) is 16.0. The molecule has 1 fully saturated rings. The Labute approximate surface area is 153 Å². The minimum atomic E-state index is -0.00124. The zero-order valence-corrected chi connectivity index (χ0v) is 15.5. The van der Waals surface area contributed by atoms with Crippen molar-refractivity contribution < 1.29 is 4.79 Å². The molecule has 5 nitrogen and oxygen atoms in total. The molecule has 2 N–H and O–H groups in total. The van der Waals surface area contributed by atoms with Gasteiger partial charge >= 0.3 is 0 Å². The second kappa shape index (κ2) is 9.04. The van der Waals surface area contributed by atoms with Crippen LogP contribution in [-0.2, 0) is 11.2 Å². The zero-order chi connectivity index (χ0) is 17.5. The van der Waals surface area contributed by atoms with Crippen molar-refractivity contribution in [3.05, 3.63) is 41.7 Å². The lowest BCUT2D eigenvalue weighted by atomic mass is 10.0. The van der Waals surface area contributed by atoms with Crippen molar-refractivity contribution >= 4 is 17.7 Å². The number of benzene rings is 1. The third kappa shape index (κ3) is 5.59. The van der Waals surface area contributed by atoms with Crippen LogP contribution < -0.4 is 5.32 Å². The highest BCUT2D eigenvalue weighted by atomic mass is 32.2. The number of aromatic amines is 1. The van der Waals surface area contributed by atoms with Gasteiger partial charge in [-0.3, -0.25) is 9.89 Å². The van der Waals surface area contributed by atoms with Crippen molar-refractivity contribution in [1.82, 2.24) is 20.5 Å². The average Bonchev–Trinajstić information content (AvgIpc) is 3.30. The lowest BCUT2D eigenvalue weighted by Gasteiger charge is -2.13. The van der Waals surface area contributed by atoms with Gasteiger partial charge in [0.15, 0.2) is 0 Å². The van der Waals surface area contributed by atoms with Gasteiger partial charge in [-0.25, -0.2) is 4.98 Å². The van der Waals surface area contributed by atoms with Gasteiger partial charge in [0, 0.05) is 6.42 Å². The fraction of sp³-hybridized carbons (Fsp3) is 0.526. The second-order valence-corrected chi connectivity index (χ2v) is 7.68. The maximum atomic E-state index is 12.1. The van der Waals surface area contributed by atoms with Crippen LogP contribution in [-0.4, -0.2) is 26.8 Å². The van der Waals surface area contributed by atoms with Gasteiger partial charge in [0.1, 0.15) is 5.82 Å². The molecule has 0 spiro atoms. The minimum Gasteiger partial charge on any atom is -0.349 e. The standard InChI is InChI=1S/C19H26N4OS/c1-14(16-9-3-2-4-10-16)20-18(24)13-25-19-21-17(22-23-19)12-11-15-7-5-6-8-15/h2-4,9-10,14-15H,5-8,11-13H2,1H3,(H,20,24)(H,21,22,23). The molecule has 0 aliphatic heterocycles. The molecule has 1 heterocycles. The summed E-state index contributed by atoms with van der Waals surface area (Å²) in [6.07, 6.45) is 7.60. The van der Waals surface area contributed by atoms with Crippen LogP contribution in [0.1, 0.15) is 56.5 Å². The number of thioether (sulfide) groups is 1. The number of amides is 1. The van der Waals surface area contributed by atoms with E-state index in [1.165, 1.54) is 43.9 Å². The number of carbonyl (C=O) groups is 1. The predicted octanol–water partition coefficient (Wildman–Crippen LogP) is 3.90. The Morgan fingerprint density at radius 1 is 1.32 bits per heavy atom. The number of nitrogens with zero attached hydrogens (tertiary/aromatic N) is 2. The molecule has 1 aromatic carbocycles. The molecule has 25 heavy (non-hydrogen) atoms. The van der Waals surface area contributed by atoms with E-state index in [1.807, 2.05) is 37.3 Å². The Morgan fingerprint density at radius 2 is 2.08 bits per heavy atom. The Balaban J connectivity index is 1.40. The Hall–Kier alpha value is -1.82. The molecule has 3 rings (SSSR count). The van der Waals surface area contributed by atoms with E-state index in [2.05, 4.69) is 20.5 Å². The van der Waals surface area contributed by atoms with E-state index in [0.717, 1.165) is 23.7 Å². The quantitative estimate of drug-likeness (QED) is 0.702. The van der Waals surface area contributed by atoms with E-state index in [1.54, 1.807) is 0 Å².